The number of aliphatic hydroxyl groups is 1. The first-order valence-corrected chi connectivity index (χ1v) is 9.96. The van der Waals surface area contributed by atoms with Gasteiger partial charge in [0.1, 0.15) is 24.0 Å². The lowest BCUT2D eigenvalue weighted by molar-refractivity contribution is -0.133. The second-order valence-corrected chi connectivity index (χ2v) is 8.14. The molecular formula is C20H22N2O4S. The number of β-amino-alcohol motifs (C(OH)–C–C–N with tert-alkyl or cyclic N) is 1. The molecule has 2 N–H and O–H groups in total. The van der Waals surface area contributed by atoms with E-state index in [9.17, 15) is 14.7 Å². The highest BCUT2D eigenvalue weighted by Gasteiger charge is 2.54. The smallest absolute Gasteiger partial charge is 0.325 e. The molecule has 0 radical (unpaired) electrons. The van der Waals surface area contributed by atoms with Crippen LogP contribution in [-0.4, -0.2) is 41.2 Å². The van der Waals surface area contributed by atoms with Gasteiger partial charge in [-0.2, -0.15) is 0 Å². The van der Waals surface area contributed by atoms with Crippen LogP contribution in [0.4, 0.5) is 4.79 Å². The van der Waals surface area contributed by atoms with E-state index in [4.69, 9.17) is 4.74 Å². The Morgan fingerprint density at radius 3 is 3.04 bits per heavy atom. The van der Waals surface area contributed by atoms with Crippen molar-refractivity contribution < 1.29 is 19.4 Å². The molecule has 0 bridgehead atoms. The minimum Gasteiger partial charge on any atom is -0.491 e. The molecule has 4 rings (SSSR count). The van der Waals surface area contributed by atoms with E-state index in [0.29, 0.717) is 12.2 Å². The zero-order valence-corrected chi connectivity index (χ0v) is 15.9. The molecular weight excluding hydrogens is 364 g/mol. The van der Waals surface area contributed by atoms with Gasteiger partial charge in [-0.15, -0.1) is 11.3 Å². The zero-order chi connectivity index (χ0) is 19.0. The van der Waals surface area contributed by atoms with Crippen LogP contribution in [0.25, 0.3) is 0 Å². The Kier molecular flexibility index (Phi) is 4.65. The molecule has 1 aromatic carbocycles. The van der Waals surface area contributed by atoms with Crippen LogP contribution >= 0.6 is 11.3 Å². The molecule has 1 fully saturated rings. The number of carbonyl (C=O) groups is 2. The number of hydrogen-bond donors (Lipinski definition) is 2. The van der Waals surface area contributed by atoms with Crippen LogP contribution in [0.2, 0.25) is 0 Å². The van der Waals surface area contributed by atoms with Crippen molar-refractivity contribution in [1.29, 1.82) is 0 Å². The van der Waals surface area contributed by atoms with Gasteiger partial charge in [-0.1, -0.05) is 12.1 Å². The average Bonchev–Trinajstić information content (AvgIpc) is 3.21. The van der Waals surface area contributed by atoms with Gasteiger partial charge in [0, 0.05) is 10.4 Å². The molecule has 1 aromatic heterocycles. The Labute approximate surface area is 161 Å². The van der Waals surface area contributed by atoms with Gasteiger partial charge in [-0.05, 0) is 55.3 Å². The third-order valence-electron chi connectivity index (χ3n) is 5.16. The summed E-state index contributed by atoms with van der Waals surface area (Å²) in [6.07, 6.45) is 1.42. The topological polar surface area (TPSA) is 78.9 Å². The minimum absolute atomic E-state index is 0.0111. The largest absolute Gasteiger partial charge is 0.491 e. The van der Waals surface area contributed by atoms with Crippen LogP contribution in [0.5, 0.6) is 5.75 Å². The number of imide groups is 1. The minimum atomic E-state index is -0.970. The fourth-order valence-corrected chi connectivity index (χ4v) is 4.87. The van der Waals surface area contributed by atoms with Crippen molar-refractivity contribution >= 4 is 23.3 Å². The Hall–Kier alpha value is -2.38. The summed E-state index contributed by atoms with van der Waals surface area (Å²) in [4.78, 5) is 27.9. The van der Waals surface area contributed by atoms with Crippen molar-refractivity contribution in [3.63, 3.8) is 0 Å². The van der Waals surface area contributed by atoms with Crippen LogP contribution in [0.3, 0.4) is 0 Å². The standard InChI is InChI=1S/C20H22N2O4S/c1-13-4-2-5-15(10-13)26-12-14(23)11-22-18(24)20(21-19(22)25)8-3-6-17-16(20)7-9-27-17/h2,4-5,7,9-10,14,23H,3,6,8,11-12H2,1H3,(H,21,25)/t14-,20-/m1/s1. The first kappa shape index (κ1) is 18.0. The van der Waals surface area contributed by atoms with Gasteiger partial charge in [-0.25, -0.2) is 4.79 Å². The number of aryl methyl sites for hydroxylation is 2. The van der Waals surface area contributed by atoms with E-state index < -0.39 is 17.7 Å². The Morgan fingerprint density at radius 2 is 2.22 bits per heavy atom. The number of nitrogens with zero attached hydrogens (tertiary/aromatic N) is 1. The lowest BCUT2D eigenvalue weighted by Crippen LogP contribution is -2.46. The molecule has 27 heavy (non-hydrogen) atoms. The number of urea groups is 1. The maximum atomic E-state index is 13.1. The monoisotopic (exact) mass is 386 g/mol. The number of amides is 3. The highest BCUT2D eigenvalue weighted by Crippen LogP contribution is 2.42. The summed E-state index contributed by atoms with van der Waals surface area (Å²) >= 11 is 1.62. The predicted octanol–water partition coefficient (Wildman–Crippen LogP) is 2.58. The van der Waals surface area contributed by atoms with Crippen LogP contribution in [0.15, 0.2) is 35.7 Å². The van der Waals surface area contributed by atoms with E-state index in [1.165, 1.54) is 0 Å². The summed E-state index contributed by atoms with van der Waals surface area (Å²) in [5, 5.41) is 15.2. The number of thiophene rings is 1. The Morgan fingerprint density at radius 1 is 1.37 bits per heavy atom. The van der Waals surface area contributed by atoms with Crippen molar-refractivity contribution in [3.8, 4) is 5.75 Å². The van der Waals surface area contributed by atoms with Gasteiger partial charge in [-0.3, -0.25) is 9.69 Å². The van der Waals surface area contributed by atoms with E-state index in [1.807, 2.05) is 42.6 Å². The molecule has 3 amide bonds. The predicted molar refractivity (Wildman–Crippen MR) is 102 cm³/mol. The molecule has 0 saturated carbocycles. The van der Waals surface area contributed by atoms with Gasteiger partial charge < -0.3 is 15.2 Å². The van der Waals surface area contributed by atoms with Crippen LogP contribution in [-0.2, 0) is 16.8 Å². The number of fused-ring (bicyclic) bond motifs is 2. The second-order valence-electron chi connectivity index (χ2n) is 7.14. The quantitative estimate of drug-likeness (QED) is 0.774. The van der Waals surface area contributed by atoms with E-state index in [0.717, 1.165) is 33.7 Å². The van der Waals surface area contributed by atoms with Crippen molar-refractivity contribution in [2.45, 2.75) is 37.8 Å². The molecule has 1 spiro atoms. The summed E-state index contributed by atoms with van der Waals surface area (Å²) in [6, 6.07) is 8.99. The van der Waals surface area contributed by atoms with Crippen LogP contribution in [0.1, 0.15) is 28.8 Å². The summed E-state index contributed by atoms with van der Waals surface area (Å²) in [5.74, 6) is 0.374. The molecule has 1 aliphatic heterocycles. The first-order valence-electron chi connectivity index (χ1n) is 9.08. The number of nitrogens with one attached hydrogen (secondary N) is 1. The number of hydrogen-bond acceptors (Lipinski definition) is 5. The SMILES string of the molecule is Cc1cccc(OC[C@H](O)CN2C(=O)N[C@@]3(CCCc4sccc43)C2=O)c1. The third kappa shape index (κ3) is 3.21. The average molecular weight is 386 g/mol. The van der Waals surface area contributed by atoms with Gasteiger partial charge >= 0.3 is 6.03 Å². The molecule has 0 unspecified atom stereocenters. The molecule has 2 atom stereocenters. The number of ether oxygens (including phenoxy) is 1. The Balaban J connectivity index is 1.44. The molecule has 1 aliphatic carbocycles. The lowest BCUT2D eigenvalue weighted by Gasteiger charge is -2.31. The molecule has 2 heterocycles. The van der Waals surface area contributed by atoms with E-state index >= 15 is 0 Å². The summed E-state index contributed by atoms with van der Waals surface area (Å²) in [5.41, 5.74) is 0.994. The van der Waals surface area contributed by atoms with Gasteiger partial charge in [0.05, 0.1) is 6.54 Å². The zero-order valence-electron chi connectivity index (χ0n) is 15.1. The fraction of sp³-hybridized carbons (Fsp3) is 0.400. The molecule has 2 aliphatic rings. The molecule has 7 heteroatoms. The molecule has 142 valence electrons. The number of benzene rings is 1. The van der Waals surface area contributed by atoms with E-state index in [2.05, 4.69) is 5.32 Å². The second kappa shape index (κ2) is 6.98. The van der Waals surface area contributed by atoms with Crippen molar-refractivity contribution in [2.75, 3.05) is 13.2 Å². The molecule has 6 nitrogen and oxygen atoms in total. The maximum Gasteiger partial charge on any atom is 0.325 e. The van der Waals surface area contributed by atoms with Crippen molar-refractivity contribution in [3.05, 3.63) is 51.7 Å². The summed E-state index contributed by atoms with van der Waals surface area (Å²) in [7, 11) is 0. The van der Waals surface area contributed by atoms with Gasteiger partial charge in [0.15, 0.2) is 0 Å². The van der Waals surface area contributed by atoms with Crippen LogP contribution < -0.4 is 10.1 Å². The maximum absolute atomic E-state index is 13.1. The highest BCUT2D eigenvalue weighted by molar-refractivity contribution is 7.10. The Bertz CT molecular complexity index is 880. The lowest BCUT2D eigenvalue weighted by atomic mass is 9.80. The fourth-order valence-electron chi connectivity index (χ4n) is 3.87. The normalized spacial score (nSPS) is 22.7. The van der Waals surface area contributed by atoms with E-state index in [1.54, 1.807) is 11.3 Å². The number of rotatable bonds is 5. The number of aliphatic hydroxyl groups excluding tert-OH is 1. The van der Waals surface area contributed by atoms with Crippen LogP contribution in [0, 0.1) is 6.92 Å². The summed E-state index contributed by atoms with van der Waals surface area (Å²) < 4.78 is 5.59. The molecule has 1 saturated heterocycles. The van der Waals surface area contributed by atoms with Crippen molar-refractivity contribution in [1.82, 2.24) is 10.2 Å². The third-order valence-corrected chi connectivity index (χ3v) is 6.14. The highest BCUT2D eigenvalue weighted by atomic mass is 32.1. The molecule has 2 aromatic rings. The van der Waals surface area contributed by atoms with E-state index in [-0.39, 0.29) is 19.1 Å². The first-order chi connectivity index (χ1) is 13.0. The van der Waals surface area contributed by atoms with Crippen molar-refractivity contribution in [2.24, 2.45) is 0 Å². The van der Waals surface area contributed by atoms with Gasteiger partial charge in [0.25, 0.3) is 5.91 Å². The summed E-state index contributed by atoms with van der Waals surface area (Å²) in [6.45, 7) is 1.88. The van der Waals surface area contributed by atoms with Gasteiger partial charge in [0.2, 0.25) is 0 Å². The number of carbonyl (C=O) groups excluding carboxylic acids is 2.